The standard InChI is InChI=1S/C16H20ClN7O3/c1-2-24-9-5-7(16(26)27)3-4-8(9)21-10(24)6-20-15(25)11-13(18)23-14(19)12(17)22-11/h5,11,22H,2-4,6,19H2,1H3,(H2,18,23)(H,20,25)(H,26,27). The summed E-state index contributed by atoms with van der Waals surface area (Å²) in [5.74, 6) is -0.685. The molecule has 2 aliphatic rings. The Morgan fingerprint density at radius 3 is 2.85 bits per heavy atom. The number of carboxylic acids is 1. The van der Waals surface area contributed by atoms with Crippen LogP contribution in [0.15, 0.2) is 21.5 Å². The molecule has 144 valence electrons. The number of carboxylic acid groups (broad SMARTS) is 1. The van der Waals surface area contributed by atoms with Crippen LogP contribution < -0.4 is 22.1 Å². The molecule has 1 amide bonds. The van der Waals surface area contributed by atoms with Crippen LogP contribution >= 0.6 is 11.6 Å². The number of hydrogen-bond acceptors (Lipinski definition) is 7. The predicted molar refractivity (Wildman–Crippen MR) is 99.3 cm³/mol. The number of amides is 1. The Morgan fingerprint density at radius 2 is 2.19 bits per heavy atom. The van der Waals surface area contributed by atoms with E-state index in [0.717, 1.165) is 11.4 Å². The number of aryl methyl sites for hydroxylation is 1. The zero-order valence-electron chi connectivity index (χ0n) is 14.6. The lowest BCUT2D eigenvalue weighted by atomic mass is 10.0. The molecule has 2 heterocycles. The van der Waals surface area contributed by atoms with Gasteiger partial charge in [0.1, 0.15) is 16.8 Å². The average molecular weight is 394 g/mol. The number of fused-ring (bicyclic) bond motifs is 1. The number of hydrogen-bond donors (Lipinski definition) is 5. The van der Waals surface area contributed by atoms with Crippen molar-refractivity contribution in [2.75, 3.05) is 0 Å². The highest BCUT2D eigenvalue weighted by Gasteiger charge is 2.28. The number of amidine groups is 1. The fraction of sp³-hybridized carbons (Fsp3) is 0.375. The summed E-state index contributed by atoms with van der Waals surface area (Å²) in [6.07, 6.45) is 2.62. The molecule has 11 heteroatoms. The van der Waals surface area contributed by atoms with E-state index in [-0.39, 0.29) is 23.4 Å². The van der Waals surface area contributed by atoms with Crippen LogP contribution in [0.25, 0.3) is 6.08 Å². The number of nitrogens with zero attached hydrogens (tertiary/aromatic N) is 3. The largest absolute Gasteiger partial charge is 0.478 e. The summed E-state index contributed by atoms with van der Waals surface area (Å²) in [6, 6.07) is -0.928. The third-order valence-corrected chi connectivity index (χ3v) is 4.72. The van der Waals surface area contributed by atoms with Gasteiger partial charge in [0, 0.05) is 12.1 Å². The highest BCUT2D eigenvalue weighted by atomic mass is 35.5. The molecule has 1 atom stereocenters. The number of aliphatic imine (C=N–C) groups is 1. The van der Waals surface area contributed by atoms with Crippen LogP contribution in [0, 0.1) is 0 Å². The minimum atomic E-state index is -0.929. The monoisotopic (exact) mass is 393 g/mol. The van der Waals surface area contributed by atoms with Gasteiger partial charge in [0.15, 0.2) is 11.9 Å². The van der Waals surface area contributed by atoms with Crippen LogP contribution in [0.3, 0.4) is 0 Å². The van der Waals surface area contributed by atoms with Gasteiger partial charge in [-0.1, -0.05) is 11.6 Å². The maximum absolute atomic E-state index is 12.4. The molecule has 27 heavy (non-hydrogen) atoms. The first kappa shape index (κ1) is 18.8. The van der Waals surface area contributed by atoms with E-state index in [0.29, 0.717) is 30.8 Å². The van der Waals surface area contributed by atoms with Crippen LogP contribution in [-0.4, -0.2) is 38.4 Å². The third-order valence-electron chi connectivity index (χ3n) is 4.42. The van der Waals surface area contributed by atoms with Crippen molar-refractivity contribution in [2.45, 2.75) is 38.9 Å². The minimum Gasteiger partial charge on any atom is -0.478 e. The second-order valence-electron chi connectivity index (χ2n) is 6.11. The lowest BCUT2D eigenvalue weighted by Crippen LogP contribution is -2.53. The highest BCUT2D eigenvalue weighted by molar-refractivity contribution is 6.30. The normalized spacial score (nSPS) is 19.0. The molecule has 1 aromatic rings. The number of rotatable bonds is 5. The van der Waals surface area contributed by atoms with E-state index < -0.39 is 17.9 Å². The fourth-order valence-corrected chi connectivity index (χ4v) is 3.21. The molecule has 1 aromatic heterocycles. The molecule has 1 aliphatic heterocycles. The quantitative estimate of drug-likeness (QED) is 0.424. The van der Waals surface area contributed by atoms with E-state index in [9.17, 15) is 14.7 Å². The Morgan fingerprint density at radius 1 is 1.44 bits per heavy atom. The molecule has 10 nitrogen and oxygen atoms in total. The lowest BCUT2D eigenvalue weighted by molar-refractivity contribution is -0.132. The maximum atomic E-state index is 12.4. The topological polar surface area (TPSA) is 161 Å². The molecule has 1 unspecified atom stereocenters. The molecule has 0 saturated carbocycles. The van der Waals surface area contributed by atoms with Crippen molar-refractivity contribution < 1.29 is 14.7 Å². The molecule has 0 bridgehead atoms. The van der Waals surface area contributed by atoms with Gasteiger partial charge in [0.25, 0.3) is 5.91 Å². The number of aliphatic carboxylic acids is 1. The molecule has 0 fully saturated rings. The number of carbonyl (C=O) groups is 2. The van der Waals surface area contributed by atoms with Crippen LogP contribution in [0.4, 0.5) is 0 Å². The van der Waals surface area contributed by atoms with Crippen molar-refractivity contribution in [2.24, 2.45) is 16.5 Å². The van der Waals surface area contributed by atoms with Gasteiger partial charge in [0.05, 0.1) is 17.9 Å². The summed E-state index contributed by atoms with van der Waals surface area (Å²) in [5, 5.41) is 14.7. The van der Waals surface area contributed by atoms with Crippen LogP contribution in [0.5, 0.6) is 0 Å². The number of imidazole rings is 1. The smallest absolute Gasteiger partial charge is 0.331 e. The van der Waals surface area contributed by atoms with Crippen molar-refractivity contribution >= 4 is 35.4 Å². The number of nitrogens with two attached hydrogens (primary N) is 2. The first-order valence-electron chi connectivity index (χ1n) is 8.37. The first-order chi connectivity index (χ1) is 12.8. The van der Waals surface area contributed by atoms with Gasteiger partial charge in [-0.15, -0.1) is 0 Å². The van der Waals surface area contributed by atoms with Crippen LogP contribution in [-0.2, 0) is 29.1 Å². The first-order valence-corrected chi connectivity index (χ1v) is 8.75. The van der Waals surface area contributed by atoms with Gasteiger partial charge < -0.3 is 31.8 Å². The van der Waals surface area contributed by atoms with E-state index >= 15 is 0 Å². The molecule has 0 radical (unpaired) electrons. The SMILES string of the molecule is CCn1c(CNC(=O)C2NC(Cl)=C(N)N=C2N)nc2c1C=C(C(=O)O)CC2. The zero-order chi connectivity index (χ0) is 19.7. The van der Waals surface area contributed by atoms with E-state index in [2.05, 4.69) is 20.6 Å². The molecule has 0 aromatic carbocycles. The fourth-order valence-electron chi connectivity index (χ4n) is 3.06. The molecule has 3 rings (SSSR count). The molecule has 7 N–H and O–H groups in total. The second kappa shape index (κ2) is 7.31. The maximum Gasteiger partial charge on any atom is 0.331 e. The third kappa shape index (κ3) is 3.61. The Hall–Kier alpha value is -3.01. The highest BCUT2D eigenvalue weighted by Crippen LogP contribution is 2.25. The van der Waals surface area contributed by atoms with Gasteiger partial charge in [-0.25, -0.2) is 14.8 Å². The lowest BCUT2D eigenvalue weighted by Gasteiger charge is -2.22. The Bertz CT molecular complexity index is 900. The average Bonchev–Trinajstić information content (AvgIpc) is 2.99. The number of halogens is 1. The summed E-state index contributed by atoms with van der Waals surface area (Å²) in [7, 11) is 0. The van der Waals surface area contributed by atoms with Crippen molar-refractivity contribution in [3.05, 3.63) is 33.8 Å². The van der Waals surface area contributed by atoms with Gasteiger partial charge >= 0.3 is 5.97 Å². The van der Waals surface area contributed by atoms with E-state index in [1.165, 1.54) is 0 Å². The number of carbonyl (C=O) groups excluding carboxylic acids is 1. The van der Waals surface area contributed by atoms with Gasteiger partial charge in [-0.3, -0.25) is 4.79 Å². The van der Waals surface area contributed by atoms with Crippen molar-refractivity contribution in [3.8, 4) is 0 Å². The molecule has 0 saturated heterocycles. The van der Waals surface area contributed by atoms with Gasteiger partial charge in [-0.05, 0) is 25.8 Å². The molecular formula is C16H20ClN7O3. The Kier molecular flexibility index (Phi) is 5.08. The summed E-state index contributed by atoms with van der Waals surface area (Å²) >= 11 is 5.87. The molecule has 1 aliphatic carbocycles. The number of nitrogens with one attached hydrogen (secondary N) is 2. The minimum absolute atomic E-state index is 0.0153. The molecule has 0 spiro atoms. The summed E-state index contributed by atoms with van der Waals surface area (Å²) in [6.45, 7) is 2.67. The van der Waals surface area contributed by atoms with Crippen LogP contribution in [0.2, 0.25) is 0 Å². The van der Waals surface area contributed by atoms with Gasteiger partial charge in [-0.2, -0.15) is 0 Å². The zero-order valence-corrected chi connectivity index (χ0v) is 15.4. The van der Waals surface area contributed by atoms with E-state index in [1.807, 2.05) is 11.5 Å². The predicted octanol–water partition coefficient (Wildman–Crippen LogP) is -0.413. The van der Waals surface area contributed by atoms with Crippen LogP contribution in [0.1, 0.15) is 30.6 Å². The summed E-state index contributed by atoms with van der Waals surface area (Å²) in [4.78, 5) is 32.1. The summed E-state index contributed by atoms with van der Waals surface area (Å²) < 4.78 is 1.88. The Balaban J connectivity index is 1.75. The van der Waals surface area contributed by atoms with E-state index in [1.54, 1.807) is 6.08 Å². The Labute approximate surface area is 160 Å². The summed E-state index contributed by atoms with van der Waals surface area (Å²) in [5.41, 5.74) is 13.2. The van der Waals surface area contributed by atoms with Crippen molar-refractivity contribution in [1.29, 1.82) is 0 Å². The van der Waals surface area contributed by atoms with Crippen molar-refractivity contribution in [1.82, 2.24) is 20.2 Å². The van der Waals surface area contributed by atoms with E-state index in [4.69, 9.17) is 23.1 Å². The second-order valence-corrected chi connectivity index (χ2v) is 6.49. The molecular weight excluding hydrogens is 374 g/mol. The van der Waals surface area contributed by atoms with Crippen molar-refractivity contribution in [3.63, 3.8) is 0 Å². The number of aromatic nitrogens is 2. The van der Waals surface area contributed by atoms with Gasteiger partial charge in [0.2, 0.25) is 0 Å².